The van der Waals surface area contributed by atoms with Crippen LogP contribution >= 0.6 is 0 Å². The van der Waals surface area contributed by atoms with Gasteiger partial charge in [-0.05, 0) is 31.6 Å². The normalized spacial score (nSPS) is 35.3. The molecule has 2 saturated heterocycles. The highest BCUT2D eigenvalue weighted by atomic mass is 16.6. The first-order chi connectivity index (χ1) is 8.26. The molecule has 4 heteroatoms. The molecule has 1 spiro atoms. The van der Waals surface area contributed by atoms with E-state index in [0.717, 1.165) is 58.5 Å². The second kappa shape index (κ2) is 6.14. The van der Waals surface area contributed by atoms with Crippen molar-refractivity contribution in [3.63, 3.8) is 0 Å². The van der Waals surface area contributed by atoms with Crippen LogP contribution in [0.15, 0.2) is 0 Å². The Bertz CT molecular complexity index is 229. The van der Waals surface area contributed by atoms with Gasteiger partial charge in [-0.15, -0.1) is 0 Å². The lowest BCUT2D eigenvalue weighted by Crippen LogP contribution is -2.45. The molecule has 0 amide bonds. The Labute approximate surface area is 104 Å². The summed E-state index contributed by atoms with van der Waals surface area (Å²) >= 11 is 0. The van der Waals surface area contributed by atoms with E-state index in [1.807, 2.05) is 0 Å². The second-order valence-corrected chi connectivity index (χ2v) is 5.39. The highest BCUT2D eigenvalue weighted by molar-refractivity contribution is 4.92. The number of methoxy groups -OCH3 is 1. The predicted octanol–water partition coefficient (Wildman–Crippen LogP) is 1.33. The molecule has 0 bridgehead atoms. The zero-order valence-electron chi connectivity index (χ0n) is 10.8. The first-order valence-electron chi connectivity index (χ1n) is 6.72. The Kier molecular flexibility index (Phi) is 4.79. The lowest BCUT2D eigenvalue weighted by Gasteiger charge is -2.39. The van der Waals surface area contributed by atoms with Gasteiger partial charge >= 0.3 is 0 Å². The fourth-order valence-corrected chi connectivity index (χ4v) is 2.99. The van der Waals surface area contributed by atoms with Gasteiger partial charge in [0.25, 0.3) is 0 Å². The maximum atomic E-state index is 6.29. The SMILES string of the molecule is COCCCC(N)C1CCOC2(CCOC2)C1. The molecule has 0 aliphatic carbocycles. The summed E-state index contributed by atoms with van der Waals surface area (Å²) in [5.74, 6) is 0.585. The fourth-order valence-electron chi connectivity index (χ4n) is 2.99. The Morgan fingerprint density at radius 1 is 1.47 bits per heavy atom. The third-order valence-electron chi connectivity index (χ3n) is 4.09. The van der Waals surface area contributed by atoms with Crippen LogP contribution < -0.4 is 5.73 Å². The number of hydrogen-bond donors (Lipinski definition) is 1. The van der Waals surface area contributed by atoms with Crippen LogP contribution in [0.1, 0.15) is 32.1 Å². The molecule has 2 fully saturated rings. The van der Waals surface area contributed by atoms with E-state index in [9.17, 15) is 0 Å². The zero-order valence-corrected chi connectivity index (χ0v) is 10.8. The van der Waals surface area contributed by atoms with E-state index in [1.165, 1.54) is 0 Å². The summed E-state index contributed by atoms with van der Waals surface area (Å²) in [5, 5.41) is 0. The van der Waals surface area contributed by atoms with Crippen LogP contribution in [0.25, 0.3) is 0 Å². The van der Waals surface area contributed by atoms with E-state index in [2.05, 4.69) is 0 Å². The maximum Gasteiger partial charge on any atom is 0.0939 e. The van der Waals surface area contributed by atoms with Crippen LogP contribution in [-0.4, -0.2) is 45.2 Å². The third kappa shape index (κ3) is 3.41. The van der Waals surface area contributed by atoms with Crippen molar-refractivity contribution in [3.05, 3.63) is 0 Å². The Morgan fingerprint density at radius 2 is 2.35 bits per heavy atom. The van der Waals surface area contributed by atoms with Crippen LogP contribution in [0.3, 0.4) is 0 Å². The van der Waals surface area contributed by atoms with Crippen LogP contribution in [0.2, 0.25) is 0 Å². The minimum Gasteiger partial charge on any atom is -0.385 e. The summed E-state index contributed by atoms with van der Waals surface area (Å²) in [6.45, 7) is 3.25. The molecule has 2 N–H and O–H groups in total. The van der Waals surface area contributed by atoms with Gasteiger partial charge in [0, 0.05) is 39.4 Å². The molecule has 0 radical (unpaired) electrons. The lowest BCUT2D eigenvalue weighted by molar-refractivity contribution is -0.101. The average Bonchev–Trinajstić information content (AvgIpc) is 2.77. The Hall–Kier alpha value is -0.160. The fraction of sp³-hybridized carbons (Fsp3) is 1.00. The molecule has 0 saturated carbocycles. The molecule has 17 heavy (non-hydrogen) atoms. The van der Waals surface area contributed by atoms with Crippen LogP contribution in [0, 0.1) is 5.92 Å². The van der Waals surface area contributed by atoms with Crippen LogP contribution in [0.4, 0.5) is 0 Å². The van der Waals surface area contributed by atoms with Gasteiger partial charge in [-0.25, -0.2) is 0 Å². The smallest absolute Gasteiger partial charge is 0.0939 e. The summed E-state index contributed by atoms with van der Waals surface area (Å²) in [7, 11) is 1.74. The average molecular weight is 243 g/mol. The van der Waals surface area contributed by atoms with E-state index >= 15 is 0 Å². The van der Waals surface area contributed by atoms with Crippen molar-refractivity contribution in [2.24, 2.45) is 11.7 Å². The minimum atomic E-state index is -0.0121. The van der Waals surface area contributed by atoms with E-state index in [0.29, 0.717) is 5.92 Å². The molecule has 0 aromatic carbocycles. The quantitative estimate of drug-likeness (QED) is 0.740. The lowest BCUT2D eigenvalue weighted by atomic mass is 9.80. The molecule has 2 aliphatic heterocycles. The minimum absolute atomic E-state index is 0.0121. The molecule has 3 atom stereocenters. The first-order valence-corrected chi connectivity index (χ1v) is 6.72. The third-order valence-corrected chi connectivity index (χ3v) is 4.09. The van der Waals surface area contributed by atoms with Crippen LogP contribution in [-0.2, 0) is 14.2 Å². The standard InChI is InChI=1S/C13H25NO3/c1-15-6-2-3-12(14)11-4-7-17-13(9-11)5-8-16-10-13/h11-12H,2-10,14H2,1H3. The van der Waals surface area contributed by atoms with Crippen molar-refractivity contribution in [1.82, 2.24) is 0 Å². The van der Waals surface area contributed by atoms with Crippen molar-refractivity contribution in [3.8, 4) is 0 Å². The molecular weight excluding hydrogens is 218 g/mol. The highest BCUT2D eigenvalue weighted by Crippen LogP contribution is 2.37. The maximum absolute atomic E-state index is 6.29. The van der Waals surface area contributed by atoms with E-state index in [4.69, 9.17) is 19.9 Å². The highest BCUT2D eigenvalue weighted by Gasteiger charge is 2.42. The van der Waals surface area contributed by atoms with Gasteiger partial charge in [-0.3, -0.25) is 0 Å². The van der Waals surface area contributed by atoms with Gasteiger partial charge in [0.2, 0.25) is 0 Å². The van der Waals surface area contributed by atoms with Gasteiger partial charge in [-0.2, -0.15) is 0 Å². The van der Waals surface area contributed by atoms with E-state index < -0.39 is 0 Å². The van der Waals surface area contributed by atoms with Gasteiger partial charge in [-0.1, -0.05) is 0 Å². The summed E-state index contributed by atoms with van der Waals surface area (Å²) in [6, 6.07) is 0.284. The van der Waals surface area contributed by atoms with Crippen molar-refractivity contribution in [1.29, 1.82) is 0 Å². The molecule has 3 unspecified atom stereocenters. The molecule has 2 heterocycles. The van der Waals surface area contributed by atoms with Crippen molar-refractivity contribution >= 4 is 0 Å². The number of ether oxygens (including phenoxy) is 3. The topological polar surface area (TPSA) is 53.7 Å². The molecule has 2 aliphatic rings. The summed E-state index contributed by atoms with van der Waals surface area (Å²) in [6.07, 6.45) is 5.30. The van der Waals surface area contributed by atoms with Crippen molar-refractivity contribution in [2.45, 2.75) is 43.7 Å². The molecule has 0 aromatic rings. The summed E-state index contributed by atoms with van der Waals surface area (Å²) < 4.78 is 16.5. The van der Waals surface area contributed by atoms with Gasteiger partial charge in [0.1, 0.15) is 0 Å². The molecule has 100 valence electrons. The zero-order chi connectivity index (χ0) is 12.1. The summed E-state index contributed by atoms with van der Waals surface area (Å²) in [5.41, 5.74) is 6.28. The molecule has 2 rings (SSSR count). The molecule has 0 aromatic heterocycles. The van der Waals surface area contributed by atoms with E-state index in [-0.39, 0.29) is 11.6 Å². The number of rotatable bonds is 5. The van der Waals surface area contributed by atoms with Crippen molar-refractivity contribution < 1.29 is 14.2 Å². The van der Waals surface area contributed by atoms with Gasteiger partial charge < -0.3 is 19.9 Å². The van der Waals surface area contributed by atoms with Gasteiger partial charge in [0.05, 0.1) is 12.2 Å². The number of nitrogens with two attached hydrogens (primary N) is 1. The van der Waals surface area contributed by atoms with Crippen LogP contribution in [0.5, 0.6) is 0 Å². The Balaban J connectivity index is 1.79. The molecular formula is C13H25NO3. The Morgan fingerprint density at radius 3 is 3.06 bits per heavy atom. The van der Waals surface area contributed by atoms with Gasteiger partial charge in [0.15, 0.2) is 0 Å². The first kappa shape index (κ1) is 13.3. The number of hydrogen-bond acceptors (Lipinski definition) is 4. The largest absolute Gasteiger partial charge is 0.385 e. The predicted molar refractivity (Wildman–Crippen MR) is 65.9 cm³/mol. The summed E-state index contributed by atoms with van der Waals surface area (Å²) in [4.78, 5) is 0. The second-order valence-electron chi connectivity index (χ2n) is 5.39. The molecule has 4 nitrogen and oxygen atoms in total. The van der Waals surface area contributed by atoms with Crippen molar-refractivity contribution in [2.75, 3.05) is 33.5 Å². The van der Waals surface area contributed by atoms with E-state index in [1.54, 1.807) is 7.11 Å². The monoisotopic (exact) mass is 243 g/mol.